The Balaban J connectivity index is 1.70. The van der Waals surface area contributed by atoms with E-state index in [9.17, 15) is 4.79 Å². The lowest BCUT2D eigenvalue weighted by Gasteiger charge is -2.17. The van der Waals surface area contributed by atoms with Crippen LogP contribution < -0.4 is 10.1 Å². The molecule has 1 N–H and O–H groups in total. The monoisotopic (exact) mass is 326 g/mol. The number of amides is 1. The summed E-state index contributed by atoms with van der Waals surface area (Å²) in [6.45, 7) is 5.74. The maximum Gasteiger partial charge on any atom is 0.238 e. The lowest BCUT2D eigenvalue weighted by atomic mass is 10.1. The first kappa shape index (κ1) is 18.0. The SMILES string of the molecule is CCc1ccc(NC(=O)CN(C)CCOc2cccc(C)c2)cc1. The Hall–Kier alpha value is -2.33. The zero-order chi connectivity index (χ0) is 17.4. The van der Waals surface area contributed by atoms with Crippen molar-refractivity contribution in [3.8, 4) is 5.75 Å². The van der Waals surface area contributed by atoms with E-state index in [0.29, 0.717) is 19.7 Å². The van der Waals surface area contributed by atoms with Gasteiger partial charge in [0.2, 0.25) is 5.91 Å². The smallest absolute Gasteiger partial charge is 0.238 e. The molecule has 0 radical (unpaired) electrons. The second kappa shape index (κ2) is 9.08. The van der Waals surface area contributed by atoms with Crippen LogP contribution in [0.3, 0.4) is 0 Å². The van der Waals surface area contributed by atoms with Gasteiger partial charge in [-0.1, -0.05) is 31.2 Å². The fourth-order valence-electron chi connectivity index (χ4n) is 2.37. The number of anilines is 1. The molecule has 0 aliphatic carbocycles. The number of likely N-dealkylation sites (N-methyl/N-ethyl adjacent to an activating group) is 1. The Morgan fingerprint density at radius 1 is 1.17 bits per heavy atom. The number of ether oxygens (including phenoxy) is 1. The molecular weight excluding hydrogens is 300 g/mol. The summed E-state index contributed by atoms with van der Waals surface area (Å²) < 4.78 is 5.71. The molecule has 0 aromatic heterocycles. The first-order chi connectivity index (χ1) is 11.6. The van der Waals surface area contributed by atoms with Gasteiger partial charge in [-0.3, -0.25) is 9.69 Å². The number of benzene rings is 2. The summed E-state index contributed by atoms with van der Waals surface area (Å²) in [4.78, 5) is 14.0. The topological polar surface area (TPSA) is 41.6 Å². The molecule has 2 aromatic carbocycles. The number of hydrogen-bond acceptors (Lipinski definition) is 3. The maximum absolute atomic E-state index is 12.1. The van der Waals surface area contributed by atoms with Crippen LogP contribution in [-0.2, 0) is 11.2 Å². The van der Waals surface area contributed by atoms with Gasteiger partial charge in [0, 0.05) is 12.2 Å². The highest BCUT2D eigenvalue weighted by atomic mass is 16.5. The molecular formula is C20H26N2O2. The van der Waals surface area contributed by atoms with Gasteiger partial charge in [0.05, 0.1) is 6.54 Å². The minimum Gasteiger partial charge on any atom is -0.492 e. The van der Waals surface area contributed by atoms with Crippen LogP contribution in [0.1, 0.15) is 18.1 Å². The van der Waals surface area contributed by atoms with Gasteiger partial charge >= 0.3 is 0 Å². The first-order valence-corrected chi connectivity index (χ1v) is 8.33. The number of carbonyl (C=O) groups is 1. The minimum absolute atomic E-state index is 0.0164. The fourth-order valence-corrected chi connectivity index (χ4v) is 2.37. The van der Waals surface area contributed by atoms with E-state index in [4.69, 9.17) is 4.74 Å². The molecule has 4 nitrogen and oxygen atoms in total. The number of nitrogens with zero attached hydrogens (tertiary/aromatic N) is 1. The van der Waals surface area contributed by atoms with E-state index in [2.05, 4.69) is 12.2 Å². The van der Waals surface area contributed by atoms with Gasteiger partial charge in [0.1, 0.15) is 12.4 Å². The van der Waals surface area contributed by atoms with Crippen molar-refractivity contribution >= 4 is 11.6 Å². The molecule has 0 atom stereocenters. The van der Waals surface area contributed by atoms with E-state index in [0.717, 1.165) is 17.9 Å². The molecule has 2 aromatic rings. The highest BCUT2D eigenvalue weighted by Crippen LogP contribution is 2.12. The molecule has 2 rings (SSSR count). The third kappa shape index (κ3) is 6.05. The van der Waals surface area contributed by atoms with Crippen LogP contribution in [0.15, 0.2) is 48.5 Å². The Kier molecular flexibility index (Phi) is 6.82. The van der Waals surface area contributed by atoms with E-state index < -0.39 is 0 Å². The molecule has 0 spiro atoms. The number of rotatable bonds is 8. The summed E-state index contributed by atoms with van der Waals surface area (Å²) in [6, 6.07) is 15.9. The van der Waals surface area contributed by atoms with Crippen LogP contribution in [0.25, 0.3) is 0 Å². The van der Waals surface area contributed by atoms with E-state index in [1.807, 2.05) is 67.4 Å². The molecule has 128 valence electrons. The highest BCUT2D eigenvalue weighted by Gasteiger charge is 2.07. The molecule has 0 saturated heterocycles. The number of hydrogen-bond donors (Lipinski definition) is 1. The van der Waals surface area contributed by atoms with Crippen molar-refractivity contribution in [2.75, 3.05) is 32.1 Å². The van der Waals surface area contributed by atoms with Crippen LogP contribution in [0.5, 0.6) is 5.75 Å². The summed E-state index contributed by atoms with van der Waals surface area (Å²) in [7, 11) is 1.92. The third-order valence-corrected chi connectivity index (χ3v) is 3.79. The minimum atomic E-state index is -0.0164. The van der Waals surface area contributed by atoms with Crippen molar-refractivity contribution in [3.63, 3.8) is 0 Å². The molecule has 0 bridgehead atoms. The second-order valence-corrected chi connectivity index (χ2v) is 6.00. The first-order valence-electron chi connectivity index (χ1n) is 8.33. The lowest BCUT2D eigenvalue weighted by molar-refractivity contribution is -0.117. The van der Waals surface area contributed by atoms with Crippen LogP contribution in [0.4, 0.5) is 5.69 Å². The Morgan fingerprint density at radius 3 is 2.58 bits per heavy atom. The van der Waals surface area contributed by atoms with Crippen molar-refractivity contribution < 1.29 is 9.53 Å². The molecule has 0 fully saturated rings. The molecule has 4 heteroatoms. The van der Waals surface area contributed by atoms with Gasteiger partial charge < -0.3 is 10.1 Å². The van der Waals surface area contributed by atoms with E-state index in [-0.39, 0.29) is 5.91 Å². The van der Waals surface area contributed by atoms with Crippen LogP contribution in [0.2, 0.25) is 0 Å². The zero-order valence-corrected chi connectivity index (χ0v) is 14.7. The average molecular weight is 326 g/mol. The predicted molar refractivity (Wildman–Crippen MR) is 98.6 cm³/mol. The standard InChI is InChI=1S/C20H26N2O2/c1-4-17-8-10-18(11-9-17)21-20(23)15-22(3)12-13-24-19-7-5-6-16(2)14-19/h5-11,14H,4,12-13,15H2,1-3H3,(H,21,23). The molecule has 0 aliphatic heterocycles. The van der Waals surface area contributed by atoms with Gasteiger partial charge in [-0.15, -0.1) is 0 Å². The molecule has 0 saturated carbocycles. The zero-order valence-electron chi connectivity index (χ0n) is 14.7. The van der Waals surface area contributed by atoms with E-state index in [1.165, 1.54) is 11.1 Å². The fraction of sp³-hybridized carbons (Fsp3) is 0.350. The summed E-state index contributed by atoms with van der Waals surface area (Å²) >= 11 is 0. The number of carbonyl (C=O) groups excluding carboxylic acids is 1. The van der Waals surface area contributed by atoms with E-state index in [1.54, 1.807) is 0 Å². The maximum atomic E-state index is 12.1. The van der Waals surface area contributed by atoms with Gasteiger partial charge in [-0.2, -0.15) is 0 Å². The normalized spacial score (nSPS) is 10.7. The third-order valence-electron chi connectivity index (χ3n) is 3.79. The van der Waals surface area contributed by atoms with Crippen LogP contribution in [0, 0.1) is 6.92 Å². The summed E-state index contributed by atoms with van der Waals surface area (Å²) in [5.74, 6) is 0.848. The quantitative estimate of drug-likeness (QED) is 0.807. The Bertz CT molecular complexity index is 653. The second-order valence-electron chi connectivity index (χ2n) is 6.00. The highest BCUT2D eigenvalue weighted by molar-refractivity contribution is 5.92. The van der Waals surface area contributed by atoms with E-state index >= 15 is 0 Å². The van der Waals surface area contributed by atoms with Gasteiger partial charge in [-0.05, 0) is 55.8 Å². The van der Waals surface area contributed by atoms with Gasteiger partial charge in [0.15, 0.2) is 0 Å². The largest absolute Gasteiger partial charge is 0.492 e. The average Bonchev–Trinajstić information content (AvgIpc) is 2.55. The Labute approximate surface area is 144 Å². The van der Waals surface area contributed by atoms with Gasteiger partial charge in [0.25, 0.3) is 0 Å². The Morgan fingerprint density at radius 2 is 1.92 bits per heavy atom. The van der Waals surface area contributed by atoms with Crippen molar-refractivity contribution in [1.29, 1.82) is 0 Å². The molecule has 24 heavy (non-hydrogen) atoms. The number of aryl methyl sites for hydroxylation is 2. The molecule has 0 aliphatic rings. The van der Waals surface area contributed by atoms with Crippen molar-refractivity contribution in [3.05, 3.63) is 59.7 Å². The molecule has 1 amide bonds. The van der Waals surface area contributed by atoms with Crippen LogP contribution in [-0.4, -0.2) is 37.6 Å². The summed E-state index contributed by atoms with van der Waals surface area (Å²) in [5.41, 5.74) is 3.27. The summed E-state index contributed by atoms with van der Waals surface area (Å²) in [6.07, 6.45) is 0.998. The van der Waals surface area contributed by atoms with Gasteiger partial charge in [-0.25, -0.2) is 0 Å². The predicted octanol–water partition coefficient (Wildman–Crippen LogP) is 3.51. The van der Waals surface area contributed by atoms with Crippen molar-refractivity contribution in [2.45, 2.75) is 20.3 Å². The van der Waals surface area contributed by atoms with Crippen LogP contribution >= 0.6 is 0 Å². The molecule has 0 unspecified atom stereocenters. The summed E-state index contributed by atoms with van der Waals surface area (Å²) in [5, 5.41) is 2.92. The van der Waals surface area contributed by atoms with Crippen molar-refractivity contribution in [2.24, 2.45) is 0 Å². The molecule has 0 heterocycles. The lowest BCUT2D eigenvalue weighted by Crippen LogP contribution is -2.33. The van der Waals surface area contributed by atoms with Crippen molar-refractivity contribution in [1.82, 2.24) is 4.90 Å². The number of nitrogens with one attached hydrogen (secondary N) is 1.